The van der Waals surface area contributed by atoms with Gasteiger partial charge in [-0.15, -0.1) is 21.5 Å². The van der Waals surface area contributed by atoms with Crippen LogP contribution in [0.2, 0.25) is 5.02 Å². The lowest BCUT2D eigenvalue weighted by molar-refractivity contribution is 0.251. The zero-order valence-electron chi connectivity index (χ0n) is 18.8. The highest BCUT2D eigenvalue weighted by atomic mass is 35.5. The van der Waals surface area contributed by atoms with Crippen molar-refractivity contribution in [3.63, 3.8) is 0 Å². The number of benzene rings is 2. The van der Waals surface area contributed by atoms with Gasteiger partial charge in [0, 0.05) is 26.7 Å². The third-order valence-corrected chi connectivity index (χ3v) is 7.19. The van der Waals surface area contributed by atoms with Crippen molar-refractivity contribution in [1.82, 2.24) is 20.1 Å². The quantitative estimate of drug-likeness (QED) is 0.386. The van der Waals surface area contributed by atoms with Gasteiger partial charge >= 0.3 is 6.03 Å². The summed E-state index contributed by atoms with van der Waals surface area (Å²) in [5.41, 5.74) is 4.60. The van der Waals surface area contributed by atoms with Gasteiger partial charge in [0.2, 0.25) is 0 Å². The molecule has 2 N–H and O–H groups in total. The number of hydrogen-bond donors (Lipinski definition) is 2. The van der Waals surface area contributed by atoms with Crippen LogP contribution >= 0.6 is 22.9 Å². The Kier molecular flexibility index (Phi) is 6.17. The summed E-state index contributed by atoms with van der Waals surface area (Å²) in [7, 11) is 0. The fourth-order valence-electron chi connectivity index (χ4n) is 3.84. The van der Waals surface area contributed by atoms with Crippen LogP contribution in [0.25, 0.3) is 5.00 Å². The number of thiophene rings is 1. The average molecular weight is 491 g/mol. The van der Waals surface area contributed by atoms with E-state index in [1.54, 1.807) is 11.3 Å². The number of carbonyl (C=O) groups excluding carboxylic acids is 1. The number of amides is 2. The number of carbonyl (C=O) groups is 1. The highest BCUT2D eigenvalue weighted by Gasteiger charge is 2.26. The smallest absolute Gasteiger partial charge is 0.319 e. The third kappa shape index (κ3) is 4.34. The number of nitrogens with one attached hydrogen (secondary N) is 2. The topological polar surface area (TPSA) is 84.2 Å². The van der Waals surface area contributed by atoms with E-state index in [1.807, 2.05) is 60.0 Å². The molecule has 34 heavy (non-hydrogen) atoms. The van der Waals surface area contributed by atoms with Crippen molar-refractivity contribution in [2.24, 2.45) is 4.99 Å². The van der Waals surface area contributed by atoms with Crippen LogP contribution in [0.5, 0.6) is 0 Å². The molecule has 4 aromatic rings. The fourth-order valence-corrected chi connectivity index (χ4v) is 5.20. The van der Waals surface area contributed by atoms with Crippen LogP contribution in [0.15, 0.2) is 59.6 Å². The molecule has 0 unspecified atom stereocenters. The summed E-state index contributed by atoms with van der Waals surface area (Å²) in [6.45, 7) is 4.73. The van der Waals surface area contributed by atoms with Crippen molar-refractivity contribution in [2.75, 3.05) is 5.32 Å². The summed E-state index contributed by atoms with van der Waals surface area (Å²) in [4.78, 5) is 18.6. The Labute approximate surface area is 206 Å². The largest absolute Gasteiger partial charge is 0.331 e. The van der Waals surface area contributed by atoms with Crippen LogP contribution in [0.4, 0.5) is 10.5 Å². The van der Waals surface area contributed by atoms with Gasteiger partial charge in [0.25, 0.3) is 0 Å². The number of halogens is 1. The van der Waals surface area contributed by atoms with Crippen LogP contribution in [-0.2, 0) is 19.5 Å². The SMILES string of the molecule is CCc1cc2c(s1)-n1c(nnc1CNC(=O)Nc1ccc(C)cc1)CN=C2c1ccccc1Cl. The fraction of sp³-hybridized carbons (Fsp3) is 0.200. The Morgan fingerprint density at radius 1 is 1.12 bits per heavy atom. The van der Waals surface area contributed by atoms with Crippen LogP contribution in [-0.4, -0.2) is 26.5 Å². The monoisotopic (exact) mass is 490 g/mol. The zero-order chi connectivity index (χ0) is 23.7. The molecule has 0 atom stereocenters. The molecule has 0 saturated heterocycles. The second-order valence-electron chi connectivity index (χ2n) is 7.97. The lowest BCUT2D eigenvalue weighted by Gasteiger charge is -2.11. The number of fused-ring (bicyclic) bond motifs is 3. The number of rotatable bonds is 5. The number of urea groups is 1. The summed E-state index contributed by atoms with van der Waals surface area (Å²) in [5.74, 6) is 1.37. The van der Waals surface area contributed by atoms with Gasteiger partial charge in [0.15, 0.2) is 11.6 Å². The summed E-state index contributed by atoms with van der Waals surface area (Å²) in [5, 5.41) is 16.1. The van der Waals surface area contributed by atoms with Gasteiger partial charge in [0.1, 0.15) is 11.5 Å². The van der Waals surface area contributed by atoms with E-state index in [1.165, 1.54) is 4.88 Å². The van der Waals surface area contributed by atoms with Gasteiger partial charge < -0.3 is 10.6 Å². The molecule has 2 amide bonds. The zero-order valence-corrected chi connectivity index (χ0v) is 20.4. The minimum Gasteiger partial charge on any atom is -0.331 e. The van der Waals surface area contributed by atoms with Crippen LogP contribution in [0.1, 0.15) is 40.1 Å². The highest BCUT2D eigenvalue weighted by Crippen LogP contribution is 2.34. The molecule has 1 aliphatic rings. The van der Waals surface area contributed by atoms with Gasteiger partial charge in [-0.25, -0.2) is 4.79 Å². The molecule has 9 heteroatoms. The molecule has 7 nitrogen and oxygen atoms in total. The molecule has 0 radical (unpaired) electrons. The Morgan fingerprint density at radius 2 is 1.91 bits per heavy atom. The van der Waals surface area contributed by atoms with E-state index in [9.17, 15) is 4.79 Å². The van der Waals surface area contributed by atoms with Crippen molar-refractivity contribution in [3.05, 3.63) is 92.8 Å². The van der Waals surface area contributed by atoms with Crippen LogP contribution in [0, 0.1) is 6.92 Å². The Balaban J connectivity index is 1.44. The molecule has 0 bridgehead atoms. The molecule has 0 saturated carbocycles. The van der Waals surface area contributed by atoms with Crippen molar-refractivity contribution in [3.8, 4) is 5.00 Å². The first-order chi connectivity index (χ1) is 16.5. The maximum Gasteiger partial charge on any atom is 0.319 e. The van der Waals surface area contributed by atoms with Crippen LogP contribution in [0.3, 0.4) is 0 Å². The van der Waals surface area contributed by atoms with E-state index in [0.717, 1.165) is 45.3 Å². The first-order valence-corrected chi connectivity index (χ1v) is 12.2. The van der Waals surface area contributed by atoms with Crippen molar-refractivity contribution in [1.29, 1.82) is 0 Å². The predicted molar refractivity (Wildman–Crippen MR) is 136 cm³/mol. The number of hydrogen-bond acceptors (Lipinski definition) is 5. The number of nitrogens with zero attached hydrogens (tertiary/aromatic N) is 4. The minimum absolute atomic E-state index is 0.227. The van der Waals surface area contributed by atoms with Gasteiger partial charge in [-0.1, -0.05) is 54.4 Å². The first kappa shape index (κ1) is 22.3. The second kappa shape index (κ2) is 9.40. The molecule has 2 aromatic heterocycles. The Morgan fingerprint density at radius 3 is 2.68 bits per heavy atom. The summed E-state index contributed by atoms with van der Waals surface area (Å²) in [6, 6.07) is 17.2. The van der Waals surface area contributed by atoms with Gasteiger partial charge in [-0.3, -0.25) is 9.56 Å². The van der Waals surface area contributed by atoms with Gasteiger partial charge in [-0.05, 0) is 37.6 Å². The van der Waals surface area contributed by atoms with E-state index in [2.05, 4.69) is 33.8 Å². The molecule has 3 heterocycles. The number of aryl methyl sites for hydroxylation is 2. The van der Waals surface area contributed by atoms with Crippen molar-refractivity contribution in [2.45, 2.75) is 33.4 Å². The van der Waals surface area contributed by atoms with E-state index >= 15 is 0 Å². The molecule has 1 aliphatic heterocycles. The van der Waals surface area contributed by atoms with E-state index in [-0.39, 0.29) is 12.6 Å². The molecule has 0 spiro atoms. The van der Waals surface area contributed by atoms with Crippen molar-refractivity contribution < 1.29 is 4.79 Å². The third-order valence-electron chi connectivity index (χ3n) is 5.59. The minimum atomic E-state index is -0.302. The maximum absolute atomic E-state index is 12.5. The molecule has 5 rings (SSSR count). The lowest BCUT2D eigenvalue weighted by Crippen LogP contribution is -2.29. The molecular weight excluding hydrogens is 468 g/mol. The summed E-state index contributed by atoms with van der Waals surface area (Å²) in [6.07, 6.45) is 0.900. The number of aromatic nitrogens is 3. The normalized spacial score (nSPS) is 12.4. The summed E-state index contributed by atoms with van der Waals surface area (Å²) >= 11 is 8.21. The molecule has 2 aromatic carbocycles. The molecule has 0 aliphatic carbocycles. The molecule has 0 fully saturated rings. The van der Waals surface area contributed by atoms with E-state index < -0.39 is 0 Å². The van der Waals surface area contributed by atoms with Gasteiger partial charge in [-0.2, -0.15) is 0 Å². The number of aliphatic imine (C=N–C) groups is 1. The maximum atomic E-state index is 12.5. The Bertz CT molecular complexity index is 1390. The van der Waals surface area contributed by atoms with E-state index in [4.69, 9.17) is 16.6 Å². The Hall–Kier alpha value is -3.49. The van der Waals surface area contributed by atoms with Gasteiger partial charge in [0.05, 0.1) is 12.3 Å². The molecule has 172 valence electrons. The van der Waals surface area contributed by atoms with E-state index in [0.29, 0.717) is 17.4 Å². The van der Waals surface area contributed by atoms with Crippen LogP contribution < -0.4 is 10.6 Å². The highest BCUT2D eigenvalue weighted by molar-refractivity contribution is 7.15. The lowest BCUT2D eigenvalue weighted by atomic mass is 10.0. The standard InChI is InChI=1S/C25H23ClN6OS/c1-3-17-12-19-23(18-6-4-5-7-20(18)26)27-13-21-30-31-22(32(21)24(19)34-17)14-28-25(33)29-16-10-8-15(2)9-11-16/h4-12H,3,13-14H2,1-2H3,(H2,28,29,33). The number of anilines is 1. The first-order valence-electron chi connectivity index (χ1n) is 11.0. The predicted octanol–water partition coefficient (Wildman–Crippen LogP) is 5.53. The van der Waals surface area contributed by atoms with Crippen molar-refractivity contribution >= 4 is 40.4 Å². The second-order valence-corrected chi connectivity index (χ2v) is 9.49. The average Bonchev–Trinajstić information content (AvgIpc) is 3.41. The molecular formula is C25H23ClN6OS. The summed E-state index contributed by atoms with van der Waals surface area (Å²) < 4.78 is 2.01.